The van der Waals surface area contributed by atoms with Crippen LogP contribution in [-0.2, 0) is 13.1 Å². The van der Waals surface area contributed by atoms with Crippen LogP contribution in [0.2, 0.25) is 10.2 Å². The first-order valence-corrected chi connectivity index (χ1v) is 6.29. The molecule has 0 saturated carbocycles. The van der Waals surface area contributed by atoms with Gasteiger partial charge in [-0.2, -0.15) is 0 Å². The molecule has 94 valence electrons. The van der Waals surface area contributed by atoms with Crippen LogP contribution in [0.25, 0.3) is 0 Å². The van der Waals surface area contributed by atoms with Crippen LogP contribution in [0.3, 0.4) is 0 Å². The van der Waals surface area contributed by atoms with Gasteiger partial charge >= 0.3 is 0 Å². The Balaban J connectivity index is 2.03. The Morgan fingerprint density at radius 2 is 1.78 bits per heavy atom. The number of nitrogens with zero attached hydrogens (tertiary/aromatic N) is 3. The molecule has 0 unspecified atom stereocenters. The van der Waals surface area contributed by atoms with Gasteiger partial charge in [0.05, 0.1) is 10.7 Å². The van der Waals surface area contributed by atoms with E-state index in [2.05, 4.69) is 14.9 Å². The van der Waals surface area contributed by atoms with Crippen LogP contribution in [0.15, 0.2) is 36.7 Å². The second-order valence-electron chi connectivity index (χ2n) is 4.09. The molecule has 0 radical (unpaired) electrons. The highest BCUT2D eigenvalue weighted by molar-refractivity contribution is 6.32. The fourth-order valence-electron chi connectivity index (χ4n) is 1.68. The lowest BCUT2D eigenvalue weighted by Gasteiger charge is -2.16. The molecule has 2 heterocycles. The normalized spacial score (nSPS) is 10.9. The van der Waals surface area contributed by atoms with Gasteiger partial charge < -0.3 is 0 Å². The largest absolute Gasteiger partial charge is 0.296 e. The van der Waals surface area contributed by atoms with Gasteiger partial charge in [0, 0.05) is 25.5 Å². The van der Waals surface area contributed by atoms with Gasteiger partial charge in [0.2, 0.25) is 0 Å². The van der Waals surface area contributed by atoms with Gasteiger partial charge in [-0.15, -0.1) is 0 Å². The highest BCUT2D eigenvalue weighted by Crippen LogP contribution is 2.18. The number of pyridine rings is 2. The number of hydrogen-bond donors (Lipinski definition) is 0. The summed E-state index contributed by atoms with van der Waals surface area (Å²) in [5.41, 5.74) is 1.99. The lowest BCUT2D eigenvalue weighted by Crippen LogP contribution is -2.18. The van der Waals surface area contributed by atoms with Crippen molar-refractivity contribution < 1.29 is 0 Å². The molecule has 0 amide bonds. The Morgan fingerprint density at radius 1 is 1.06 bits per heavy atom. The Morgan fingerprint density at radius 3 is 2.50 bits per heavy atom. The van der Waals surface area contributed by atoms with Gasteiger partial charge in [0.25, 0.3) is 0 Å². The summed E-state index contributed by atoms with van der Waals surface area (Å²) in [5.74, 6) is 0. The fourth-order valence-corrected chi connectivity index (χ4v) is 2.01. The number of halogens is 2. The third kappa shape index (κ3) is 3.67. The van der Waals surface area contributed by atoms with Crippen molar-refractivity contribution in [3.63, 3.8) is 0 Å². The summed E-state index contributed by atoms with van der Waals surface area (Å²) in [7, 11) is 2.01. The van der Waals surface area contributed by atoms with E-state index >= 15 is 0 Å². The number of rotatable bonds is 4. The van der Waals surface area contributed by atoms with Crippen LogP contribution in [0.4, 0.5) is 0 Å². The third-order valence-corrected chi connectivity index (χ3v) is 3.06. The minimum atomic E-state index is 0.465. The molecule has 0 spiro atoms. The Hall–Kier alpha value is -1.16. The molecule has 3 nitrogen and oxygen atoms in total. The molecule has 0 aromatic carbocycles. The second kappa shape index (κ2) is 6.14. The molecule has 5 heteroatoms. The first-order chi connectivity index (χ1) is 8.65. The molecule has 0 aliphatic rings. The molecule has 0 aliphatic carbocycles. The SMILES string of the molecule is CN(Cc1ccncc1)Cc1nc(Cl)ccc1Cl. The summed E-state index contributed by atoms with van der Waals surface area (Å²) < 4.78 is 0. The lowest BCUT2D eigenvalue weighted by atomic mass is 10.2. The maximum absolute atomic E-state index is 6.09. The van der Waals surface area contributed by atoms with E-state index in [4.69, 9.17) is 23.2 Å². The van der Waals surface area contributed by atoms with E-state index in [1.165, 1.54) is 5.56 Å². The van der Waals surface area contributed by atoms with Crippen LogP contribution >= 0.6 is 23.2 Å². The van der Waals surface area contributed by atoms with E-state index < -0.39 is 0 Å². The van der Waals surface area contributed by atoms with Gasteiger partial charge in [-0.3, -0.25) is 9.88 Å². The van der Waals surface area contributed by atoms with Crippen molar-refractivity contribution in [3.05, 3.63) is 58.1 Å². The molecule has 2 rings (SSSR count). The minimum Gasteiger partial charge on any atom is -0.296 e. The average molecular weight is 282 g/mol. The standard InChI is InChI=1S/C13H13Cl2N3/c1-18(8-10-4-6-16-7-5-10)9-12-11(14)2-3-13(15)17-12/h2-7H,8-9H2,1H3. The molecular formula is C13H13Cl2N3. The van der Waals surface area contributed by atoms with Crippen molar-refractivity contribution in [2.45, 2.75) is 13.1 Å². The molecule has 2 aromatic heterocycles. The quantitative estimate of drug-likeness (QED) is 0.805. The summed E-state index contributed by atoms with van der Waals surface area (Å²) in [6.07, 6.45) is 3.57. The molecule has 18 heavy (non-hydrogen) atoms. The van der Waals surface area contributed by atoms with Crippen LogP contribution in [0.5, 0.6) is 0 Å². The summed E-state index contributed by atoms with van der Waals surface area (Å²) in [6.45, 7) is 1.47. The Labute approximate surface area is 116 Å². The van der Waals surface area contributed by atoms with Gasteiger partial charge in [0.1, 0.15) is 5.15 Å². The third-order valence-electron chi connectivity index (χ3n) is 2.51. The zero-order valence-electron chi connectivity index (χ0n) is 9.98. The molecule has 0 atom stereocenters. The zero-order chi connectivity index (χ0) is 13.0. The van der Waals surface area contributed by atoms with Gasteiger partial charge in [-0.25, -0.2) is 4.98 Å². The predicted molar refractivity (Wildman–Crippen MR) is 73.7 cm³/mol. The summed E-state index contributed by atoms with van der Waals surface area (Å²) >= 11 is 11.9. The highest BCUT2D eigenvalue weighted by Gasteiger charge is 2.07. The van der Waals surface area contributed by atoms with E-state index in [0.29, 0.717) is 16.7 Å². The number of hydrogen-bond acceptors (Lipinski definition) is 3. The molecule has 0 N–H and O–H groups in total. The van der Waals surface area contributed by atoms with Crippen molar-refractivity contribution in [2.75, 3.05) is 7.05 Å². The first kappa shape index (κ1) is 13.3. The van der Waals surface area contributed by atoms with Crippen molar-refractivity contribution in [1.29, 1.82) is 0 Å². The van der Waals surface area contributed by atoms with E-state index in [1.807, 2.05) is 19.2 Å². The van der Waals surface area contributed by atoms with Crippen molar-refractivity contribution in [1.82, 2.24) is 14.9 Å². The molecule has 0 saturated heterocycles. The average Bonchev–Trinajstić information content (AvgIpc) is 2.35. The summed E-state index contributed by atoms with van der Waals surface area (Å²) in [5, 5.41) is 1.10. The van der Waals surface area contributed by atoms with Crippen LogP contribution in [0.1, 0.15) is 11.3 Å². The van der Waals surface area contributed by atoms with Crippen molar-refractivity contribution in [3.8, 4) is 0 Å². The monoisotopic (exact) mass is 281 g/mol. The second-order valence-corrected chi connectivity index (χ2v) is 4.88. The Kier molecular flexibility index (Phi) is 4.53. The minimum absolute atomic E-state index is 0.465. The summed E-state index contributed by atoms with van der Waals surface area (Å²) in [6, 6.07) is 7.44. The number of aromatic nitrogens is 2. The van der Waals surface area contributed by atoms with Crippen molar-refractivity contribution in [2.24, 2.45) is 0 Å². The first-order valence-electron chi connectivity index (χ1n) is 5.53. The van der Waals surface area contributed by atoms with E-state index in [0.717, 1.165) is 12.2 Å². The summed E-state index contributed by atoms with van der Waals surface area (Å²) in [4.78, 5) is 10.4. The zero-order valence-corrected chi connectivity index (χ0v) is 11.5. The highest BCUT2D eigenvalue weighted by atomic mass is 35.5. The molecule has 2 aromatic rings. The maximum atomic E-state index is 6.09. The maximum Gasteiger partial charge on any atom is 0.129 e. The predicted octanol–water partition coefficient (Wildman–Crippen LogP) is 3.42. The van der Waals surface area contributed by atoms with Gasteiger partial charge in [0.15, 0.2) is 0 Å². The van der Waals surface area contributed by atoms with Crippen LogP contribution < -0.4 is 0 Å². The molecule has 0 bridgehead atoms. The lowest BCUT2D eigenvalue weighted by molar-refractivity contribution is 0.315. The molecule has 0 aliphatic heterocycles. The van der Waals surface area contributed by atoms with E-state index in [-0.39, 0.29) is 0 Å². The topological polar surface area (TPSA) is 29.0 Å². The molecular weight excluding hydrogens is 269 g/mol. The smallest absolute Gasteiger partial charge is 0.129 e. The van der Waals surface area contributed by atoms with Crippen molar-refractivity contribution >= 4 is 23.2 Å². The van der Waals surface area contributed by atoms with E-state index in [9.17, 15) is 0 Å². The fraction of sp³-hybridized carbons (Fsp3) is 0.231. The van der Waals surface area contributed by atoms with E-state index in [1.54, 1.807) is 24.5 Å². The van der Waals surface area contributed by atoms with Crippen LogP contribution in [0, 0.1) is 0 Å². The van der Waals surface area contributed by atoms with Gasteiger partial charge in [-0.05, 0) is 36.9 Å². The van der Waals surface area contributed by atoms with Crippen LogP contribution in [-0.4, -0.2) is 21.9 Å². The van der Waals surface area contributed by atoms with Gasteiger partial charge in [-0.1, -0.05) is 23.2 Å². The molecule has 0 fully saturated rings. The Bertz CT molecular complexity index is 517.